The minimum absolute atomic E-state index is 0.436. The zero-order valence-corrected chi connectivity index (χ0v) is 14.2. The van der Waals surface area contributed by atoms with Crippen molar-refractivity contribution in [2.24, 2.45) is 0 Å². The second-order valence-corrected chi connectivity index (χ2v) is 6.28. The Kier molecular flexibility index (Phi) is 5.28. The molecule has 3 aromatic rings. The predicted molar refractivity (Wildman–Crippen MR) is 95.7 cm³/mol. The molecule has 0 radical (unpaired) electrons. The number of imidazole rings is 1. The maximum Gasteiger partial charge on any atom is 0.154 e. The number of aromatic nitrogens is 2. The summed E-state index contributed by atoms with van der Waals surface area (Å²) in [4.78, 5) is 7.99. The van der Waals surface area contributed by atoms with Crippen LogP contribution in [0.25, 0.3) is 11.0 Å². The van der Waals surface area contributed by atoms with Crippen LogP contribution in [0, 0.1) is 13.8 Å². The van der Waals surface area contributed by atoms with Crippen molar-refractivity contribution in [1.29, 1.82) is 0 Å². The quantitative estimate of drug-likeness (QED) is 0.645. The van der Waals surface area contributed by atoms with E-state index in [0.29, 0.717) is 13.0 Å². The number of aromatic amines is 1. The van der Waals surface area contributed by atoms with Crippen molar-refractivity contribution in [3.05, 3.63) is 65.0 Å². The molecule has 0 aliphatic rings. The van der Waals surface area contributed by atoms with Gasteiger partial charge in [0, 0.05) is 6.42 Å². The van der Waals surface area contributed by atoms with Gasteiger partial charge in [-0.25, -0.2) is 4.98 Å². The Morgan fingerprint density at radius 3 is 2.67 bits per heavy atom. The number of aryl methyl sites for hydroxylation is 3. The largest absolute Gasteiger partial charge is 0.368 e. The fourth-order valence-electron chi connectivity index (χ4n) is 2.73. The van der Waals surface area contributed by atoms with Gasteiger partial charge in [0.2, 0.25) is 0 Å². The highest BCUT2D eigenvalue weighted by molar-refractivity contribution is 5.77. The average molecular weight is 324 g/mol. The molecule has 0 aliphatic heterocycles. The molecule has 0 fully saturated rings. The van der Waals surface area contributed by atoms with Crippen LogP contribution < -0.4 is 0 Å². The van der Waals surface area contributed by atoms with E-state index < -0.39 is 6.29 Å². The lowest BCUT2D eigenvalue weighted by Crippen LogP contribution is -2.12. The first kappa shape index (κ1) is 16.7. The number of ether oxygens (including phenoxy) is 1. The van der Waals surface area contributed by atoms with Gasteiger partial charge in [-0.3, -0.25) is 0 Å². The summed E-state index contributed by atoms with van der Waals surface area (Å²) in [7, 11) is 0. The third-order valence-corrected chi connectivity index (χ3v) is 4.30. The summed E-state index contributed by atoms with van der Waals surface area (Å²) in [5.41, 5.74) is 5.68. The smallest absolute Gasteiger partial charge is 0.154 e. The topological polar surface area (TPSA) is 58.1 Å². The Morgan fingerprint density at radius 1 is 1.12 bits per heavy atom. The Balaban J connectivity index is 1.47. The molecule has 4 nitrogen and oxygen atoms in total. The first-order chi connectivity index (χ1) is 11.6. The highest BCUT2D eigenvalue weighted by atomic mass is 16.6. The van der Waals surface area contributed by atoms with Gasteiger partial charge >= 0.3 is 0 Å². The molecular formula is C20H24N2O2. The molecule has 0 saturated carbocycles. The number of aliphatic hydroxyl groups excluding tert-OH is 1. The average Bonchev–Trinajstić information content (AvgIpc) is 2.96. The number of nitrogens with zero attached hydrogens (tertiary/aromatic N) is 1. The molecule has 0 spiro atoms. The van der Waals surface area contributed by atoms with E-state index in [1.165, 1.54) is 11.1 Å². The van der Waals surface area contributed by atoms with Crippen molar-refractivity contribution in [1.82, 2.24) is 9.97 Å². The number of benzene rings is 2. The van der Waals surface area contributed by atoms with Gasteiger partial charge in [-0.2, -0.15) is 0 Å². The molecule has 24 heavy (non-hydrogen) atoms. The summed E-state index contributed by atoms with van der Waals surface area (Å²) in [6, 6.07) is 14.1. The lowest BCUT2D eigenvalue weighted by atomic mass is 10.1. The third-order valence-electron chi connectivity index (χ3n) is 4.30. The SMILES string of the molecule is Cc1cc2nc(CCCC(O)OCc3ccccc3)[nH]c2cc1C. The molecular weight excluding hydrogens is 300 g/mol. The van der Waals surface area contributed by atoms with E-state index in [1.54, 1.807) is 0 Å². The second kappa shape index (κ2) is 7.60. The highest BCUT2D eigenvalue weighted by Gasteiger charge is 2.08. The van der Waals surface area contributed by atoms with E-state index in [-0.39, 0.29) is 0 Å². The number of hydrogen-bond donors (Lipinski definition) is 2. The van der Waals surface area contributed by atoms with Crippen LogP contribution in [0.3, 0.4) is 0 Å². The van der Waals surface area contributed by atoms with E-state index in [0.717, 1.165) is 35.3 Å². The molecule has 0 saturated heterocycles. The normalized spacial score (nSPS) is 12.6. The molecule has 0 amide bonds. The Labute approximate surface area is 142 Å². The van der Waals surface area contributed by atoms with Crippen molar-refractivity contribution in [3.8, 4) is 0 Å². The molecule has 1 heterocycles. The number of fused-ring (bicyclic) bond motifs is 1. The molecule has 0 bridgehead atoms. The van der Waals surface area contributed by atoms with Gasteiger partial charge in [-0.05, 0) is 55.5 Å². The molecule has 1 aromatic heterocycles. The fraction of sp³-hybridized carbons (Fsp3) is 0.350. The van der Waals surface area contributed by atoms with Crippen LogP contribution in [0.5, 0.6) is 0 Å². The van der Waals surface area contributed by atoms with Gasteiger partial charge in [0.15, 0.2) is 6.29 Å². The van der Waals surface area contributed by atoms with Crippen LogP contribution in [-0.2, 0) is 17.8 Å². The molecule has 2 N–H and O–H groups in total. The van der Waals surface area contributed by atoms with E-state index in [9.17, 15) is 5.11 Å². The standard InChI is InChI=1S/C20H24N2O2/c1-14-11-17-18(12-15(14)2)22-19(21-17)9-6-10-20(23)24-13-16-7-4-3-5-8-16/h3-5,7-8,11-12,20,23H,6,9-10,13H2,1-2H3,(H,21,22). The lowest BCUT2D eigenvalue weighted by molar-refractivity contribution is -0.112. The molecule has 126 valence electrons. The van der Waals surface area contributed by atoms with Crippen molar-refractivity contribution in [3.63, 3.8) is 0 Å². The number of nitrogens with one attached hydrogen (secondary N) is 1. The van der Waals surface area contributed by atoms with Crippen molar-refractivity contribution in [2.75, 3.05) is 0 Å². The summed E-state index contributed by atoms with van der Waals surface area (Å²) < 4.78 is 5.48. The molecule has 1 unspecified atom stereocenters. The van der Waals surface area contributed by atoms with Crippen LogP contribution in [0.1, 0.15) is 35.4 Å². The fourth-order valence-corrected chi connectivity index (χ4v) is 2.73. The molecule has 0 aliphatic carbocycles. The van der Waals surface area contributed by atoms with Crippen molar-refractivity contribution < 1.29 is 9.84 Å². The first-order valence-electron chi connectivity index (χ1n) is 8.41. The van der Waals surface area contributed by atoms with E-state index in [1.807, 2.05) is 30.3 Å². The molecule has 2 aromatic carbocycles. The van der Waals surface area contributed by atoms with Gasteiger partial charge in [-0.15, -0.1) is 0 Å². The summed E-state index contributed by atoms with van der Waals surface area (Å²) in [5, 5.41) is 9.95. The zero-order valence-electron chi connectivity index (χ0n) is 14.2. The van der Waals surface area contributed by atoms with E-state index in [2.05, 4.69) is 35.9 Å². The summed E-state index contributed by atoms with van der Waals surface area (Å²) >= 11 is 0. The van der Waals surface area contributed by atoms with Gasteiger partial charge in [-0.1, -0.05) is 30.3 Å². The maximum atomic E-state index is 9.95. The van der Waals surface area contributed by atoms with Crippen LogP contribution in [0.4, 0.5) is 0 Å². The Morgan fingerprint density at radius 2 is 1.88 bits per heavy atom. The molecule has 3 rings (SSSR count). The van der Waals surface area contributed by atoms with Gasteiger partial charge in [0.05, 0.1) is 17.6 Å². The highest BCUT2D eigenvalue weighted by Crippen LogP contribution is 2.18. The third kappa shape index (κ3) is 4.22. The number of H-pyrrole nitrogens is 1. The Bertz CT molecular complexity index is 757. The Hall–Kier alpha value is -2.17. The minimum atomic E-state index is -0.737. The number of hydrogen-bond acceptors (Lipinski definition) is 3. The van der Waals surface area contributed by atoms with Crippen LogP contribution >= 0.6 is 0 Å². The van der Waals surface area contributed by atoms with E-state index >= 15 is 0 Å². The number of aliphatic hydroxyl groups is 1. The molecule has 4 heteroatoms. The second-order valence-electron chi connectivity index (χ2n) is 6.28. The van der Waals surface area contributed by atoms with Gasteiger partial charge in [0.25, 0.3) is 0 Å². The van der Waals surface area contributed by atoms with Crippen LogP contribution in [0.15, 0.2) is 42.5 Å². The van der Waals surface area contributed by atoms with E-state index in [4.69, 9.17) is 4.74 Å². The van der Waals surface area contributed by atoms with Crippen LogP contribution in [0.2, 0.25) is 0 Å². The zero-order chi connectivity index (χ0) is 16.9. The van der Waals surface area contributed by atoms with Gasteiger partial charge < -0.3 is 14.8 Å². The first-order valence-corrected chi connectivity index (χ1v) is 8.41. The summed E-state index contributed by atoms with van der Waals surface area (Å²) in [6.45, 7) is 4.64. The summed E-state index contributed by atoms with van der Waals surface area (Å²) in [5.74, 6) is 0.963. The van der Waals surface area contributed by atoms with Crippen molar-refractivity contribution >= 4 is 11.0 Å². The lowest BCUT2D eigenvalue weighted by Gasteiger charge is -2.11. The van der Waals surface area contributed by atoms with Gasteiger partial charge in [0.1, 0.15) is 5.82 Å². The monoisotopic (exact) mass is 324 g/mol. The predicted octanol–water partition coefficient (Wildman–Crippen LogP) is 4.04. The number of rotatable bonds is 7. The maximum absolute atomic E-state index is 9.95. The minimum Gasteiger partial charge on any atom is -0.368 e. The van der Waals surface area contributed by atoms with Crippen LogP contribution in [-0.4, -0.2) is 21.4 Å². The summed E-state index contributed by atoms with van der Waals surface area (Å²) in [6.07, 6.45) is 1.49. The van der Waals surface area contributed by atoms with Crippen molar-refractivity contribution in [2.45, 2.75) is 46.0 Å². The molecule has 1 atom stereocenters.